The van der Waals surface area contributed by atoms with Crippen molar-refractivity contribution in [1.82, 2.24) is 0 Å². The maximum absolute atomic E-state index is 10.5. The summed E-state index contributed by atoms with van der Waals surface area (Å²) < 4.78 is 0. The van der Waals surface area contributed by atoms with Crippen molar-refractivity contribution in [3.8, 4) is 0 Å². The van der Waals surface area contributed by atoms with Gasteiger partial charge in [0.25, 0.3) is 0 Å². The molecule has 0 aromatic heterocycles. The summed E-state index contributed by atoms with van der Waals surface area (Å²) in [5, 5.41) is 12.3. The molecule has 1 aromatic carbocycles. The Bertz CT molecular complexity index is 384. The molecule has 1 rings (SSSR count). The van der Waals surface area contributed by atoms with Crippen LogP contribution in [0.15, 0.2) is 30.4 Å². The van der Waals surface area contributed by atoms with Gasteiger partial charge in [0.05, 0.1) is 15.7 Å². The molecule has 0 radical (unpaired) electrons. The maximum Gasteiger partial charge on any atom is 0.332 e. The van der Waals surface area contributed by atoms with Gasteiger partial charge in [-0.05, 0) is 12.1 Å². The van der Waals surface area contributed by atoms with Gasteiger partial charge < -0.3 is 10.4 Å². The molecule has 0 aliphatic carbocycles. The first-order chi connectivity index (χ1) is 7.02. The fourth-order valence-electron chi connectivity index (χ4n) is 0.937. The minimum Gasteiger partial charge on any atom is -0.478 e. The van der Waals surface area contributed by atoms with Gasteiger partial charge in [-0.1, -0.05) is 35.8 Å². The first-order valence-electron chi connectivity index (χ1n) is 4.11. The van der Waals surface area contributed by atoms with Gasteiger partial charge in [-0.15, -0.1) is 0 Å². The van der Waals surface area contributed by atoms with Crippen molar-refractivity contribution in [2.24, 2.45) is 0 Å². The number of carboxylic acid groups (broad SMARTS) is 1. The molecule has 0 fully saturated rings. The van der Waals surface area contributed by atoms with Crippen LogP contribution in [0.25, 0.3) is 0 Å². The van der Waals surface area contributed by atoms with E-state index in [9.17, 15) is 4.79 Å². The van der Waals surface area contributed by atoms with Crippen molar-refractivity contribution < 1.29 is 9.90 Å². The number of rotatable bonds is 4. The Labute approximate surface area is 97.3 Å². The third-order valence-corrected chi connectivity index (χ3v) is 2.37. The van der Waals surface area contributed by atoms with Crippen LogP contribution in [0.3, 0.4) is 0 Å². The predicted octanol–water partition coefficient (Wildman–Crippen LogP) is 3.05. The molecule has 15 heavy (non-hydrogen) atoms. The summed E-state index contributed by atoms with van der Waals surface area (Å²) in [7, 11) is 0. The summed E-state index contributed by atoms with van der Waals surface area (Å²) in [4.78, 5) is 10.5. The third kappa shape index (κ3) is 3.15. The molecule has 0 amide bonds. The van der Waals surface area contributed by atoms with E-state index in [2.05, 4.69) is 11.9 Å². The minimum atomic E-state index is -1.05. The first-order valence-corrected chi connectivity index (χ1v) is 4.87. The number of hydrogen-bond donors (Lipinski definition) is 2. The van der Waals surface area contributed by atoms with E-state index in [1.807, 2.05) is 0 Å². The van der Waals surface area contributed by atoms with E-state index in [1.54, 1.807) is 18.2 Å². The molecule has 0 saturated carbocycles. The molecule has 0 saturated heterocycles. The number of anilines is 1. The zero-order valence-corrected chi connectivity index (χ0v) is 9.27. The van der Waals surface area contributed by atoms with Gasteiger partial charge in [0.15, 0.2) is 0 Å². The normalized spacial score (nSPS) is 9.73. The largest absolute Gasteiger partial charge is 0.478 e. The van der Waals surface area contributed by atoms with Gasteiger partial charge in [-0.25, -0.2) is 4.79 Å². The smallest absolute Gasteiger partial charge is 0.332 e. The Morgan fingerprint density at radius 3 is 2.40 bits per heavy atom. The average Bonchev–Trinajstić information content (AvgIpc) is 2.16. The lowest BCUT2D eigenvalue weighted by molar-refractivity contribution is -0.132. The van der Waals surface area contributed by atoms with Crippen LogP contribution in [0.1, 0.15) is 0 Å². The fraction of sp³-hybridized carbons (Fsp3) is 0.100. The number of hydrogen-bond acceptors (Lipinski definition) is 2. The molecule has 0 spiro atoms. The lowest BCUT2D eigenvalue weighted by Crippen LogP contribution is -2.11. The Balaban J connectivity index is 2.73. The molecule has 0 aliphatic rings. The van der Waals surface area contributed by atoms with Crippen molar-refractivity contribution >= 4 is 34.9 Å². The molecule has 5 heteroatoms. The average molecular weight is 246 g/mol. The van der Waals surface area contributed by atoms with Gasteiger partial charge >= 0.3 is 5.97 Å². The Kier molecular flexibility index (Phi) is 4.00. The molecular formula is C10H9Cl2NO2. The topological polar surface area (TPSA) is 49.3 Å². The first kappa shape index (κ1) is 11.9. The maximum atomic E-state index is 10.5. The van der Waals surface area contributed by atoms with Crippen LogP contribution < -0.4 is 5.32 Å². The van der Waals surface area contributed by atoms with Crippen molar-refractivity contribution in [1.29, 1.82) is 0 Å². The van der Waals surface area contributed by atoms with Crippen LogP contribution in [0.2, 0.25) is 10.0 Å². The second-order valence-corrected chi connectivity index (χ2v) is 3.67. The quantitative estimate of drug-likeness (QED) is 0.802. The Hall–Kier alpha value is -1.19. The highest BCUT2D eigenvalue weighted by Gasteiger charge is 2.07. The molecule has 0 aliphatic heterocycles. The van der Waals surface area contributed by atoms with Crippen LogP contribution in [0, 0.1) is 0 Å². The molecule has 1 aromatic rings. The van der Waals surface area contributed by atoms with E-state index in [1.165, 1.54) is 0 Å². The third-order valence-electron chi connectivity index (χ3n) is 1.74. The highest BCUT2D eigenvalue weighted by Crippen LogP contribution is 2.29. The zero-order valence-electron chi connectivity index (χ0n) is 7.76. The summed E-state index contributed by atoms with van der Waals surface area (Å²) in [6.07, 6.45) is 0. The SMILES string of the molecule is C=C(CNc1c(Cl)cccc1Cl)C(=O)O. The van der Waals surface area contributed by atoms with Gasteiger partial charge in [-0.2, -0.15) is 0 Å². The number of nitrogens with one attached hydrogen (secondary N) is 1. The summed E-state index contributed by atoms with van der Waals surface area (Å²) in [6, 6.07) is 5.04. The molecule has 0 heterocycles. The molecule has 2 N–H and O–H groups in total. The second kappa shape index (κ2) is 5.05. The lowest BCUT2D eigenvalue weighted by atomic mass is 10.2. The minimum absolute atomic E-state index is 0.0472. The molecule has 3 nitrogen and oxygen atoms in total. The standard InChI is InChI=1S/C10H9Cl2NO2/c1-6(10(14)15)5-13-9-7(11)3-2-4-8(9)12/h2-4,13H,1,5H2,(H,14,15). The number of para-hydroxylation sites is 1. The van der Waals surface area contributed by atoms with Crippen LogP contribution >= 0.6 is 23.2 Å². The van der Waals surface area contributed by atoms with Crippen LogP contribution in [-0.4, -0.2) is 17.6 Å². The molecule has 0 unspecified atom stereocenters. The van der Waals surface area contributed by atoms with E-state index < -0.39 is 5.97 Å². The van der Waals surface area contributed by atoms with Crippen molar-refractivity contribution in [3.63, 3.8) is 0 Å². The van der Waals surface area contributed by atoms with Gasteiger partial charge in [-0.3, -0.25) is 0 Å². The number of benzene rings is 1. The van der Waals surface area contributed by atoms with E-state index in [0.717, 1.165) is 0 Å². The van der Waals surface area contributed by atoms with Crippen LogP contribution in [0.5, 0.6) is 0 Å². The number of carboxylic acids is 1. The van der Waals surface area contributed by atoms with Crippen molar-refractivity contribution in [2.75, 3.05) is 11.9 Å². The summed E-state index contributed by atoms with van der Waals surface area (Å²) >= 11 is 11.7. The highest BCUT2D eigenvalue weighted by molar-refractivity contribution is 6.39. The molecule has 0 bridgehead atoms. The predicted molar refractivity (Wildman–Crippen MR) is 61.7 cm³/mol. The van der Waals surface area contributed by atoms with Crippen LogP contribution in [0.4, 0.5) is 5.69 Å². The lowest BCUT2D eigenvalue weighted by Gasteiger charge is -2.09. The number of aliphatic carboxylic acids is 1. The number of carbonyl (C=O) groups is 1. The number of halogens is 2. The van der Waals surface area contributed by atoms with E-state index >= 15 is 0 Å². The monoisotopic (exact) mass is 245 g/mol. The molecular weight excluding hydrogens is 237 g/mol. The van der Waals surface area contributed by atoms with Gasteiger partial charge in [0, 0.05) is 12.1 Å². The van der Waals surface area contributed by atoms with Gasteiger partial charge in [0.2, 0.25) is 0 Å². The van der Waals surface area contributed by atoms with E-state index in [-0.39, 0.29) is 12.1 Å². The van der Waals surface area contributed by atoms with Crippen molar-refractivity contribution in [3.05, 3.63) is 40.4 Å². The van der Waals surface area contributed by atoms with Crippen molar-refractivity contribution in [2.45, 2.75) is 0 Å². The Morgan fingerprint density at radius 1 is 1.40 bits per heavy atom. The second-order valence-electron chi connectivity index (χ2n) is 2.86. The highest BCUT2D eigenvalue weighted by atomic mass is 35.5. The summed E-state index contributed by atoms with van der Waals surface area (Å²) in [5.41, 5.74) is 0.564. The van der Waals surface area contributed by atoms with Crippen LogP contribution in [-0.2, 0) is 4.79 Å². The summed E-state index contributed by atoms with van der Waals surface area (Å²) in [5.74, 6) is -1.05. The molecule has 0 atom stereocenters. The van der Waals surface area contributed by atoms with E-state index in [4.69, 9.17) is 28.3 Å². The fourth-order valence-corrected chi connectivity index (χ4v) is 1.47. The Morgan fingerprint density at radius 2 is 1.93 bits per heavy atom. The summed E-state index contributed by atoms with van der Waals surface area (Å²) in [6.45, 7) is 3.48. The van der Waals surface area contributed by atoms with Gasteiger partial charge in [0.1, 0.15) is 0 Å². The zero-order chi connectivity index (χ0) is 11.4. The van der Waals surface area contributed by atoms with E-state index in [0.29, 0.717) is 15.7 Å². The molecule has 80 valence electrons.